The van der Waals surface area contributed by atoms with Gasteiger partial charge >= 0.3 is 6.18 Å². The van der Waals surface area contributed by atoms with Gasteiger partial charge in [0.25, 0.3) is 11.8 Å². The topological polar surface area (TPSA) is 88.9 Å². The number of amides is 2. The highest BCUT2D eigenvalue weighted by atomic mass is 35.5. The molecular weight excluding hydrogens is 458 g/mol. The third-order valence-electron chi connectivity index (χ3n) is 4.00. The lowest BCUT2D eigenvalue weighted by molar-refractivity contribution is -0.141. The highest BCUT2D eigenvalue weighted by molar-refractivity contribution is 6.34. The molecule has 2 N–H and O–H groups in total. The van der Waals surface area contributed by atoms with Crippen molar-refractivity contribution >= 4 is 35.0 Å². The van der Waals surface area contributed by atoms with Crippen LogP contribution in [-0.2, 0) is 6.18 Å². The fourth-order valence-electron chi connectivity index (χ4n) is 2.59. The Labute approximate surface area is 184 Å². The van der Waals surface area contributed by atoms with Crippen molar-refractivity contribution in [2.75, 3.05) is 13.1 Å². The summed E-state index contributed by atoms with van der Waals surface area (Å²) in [5, 5.41) is 8.34. The smallest absolute Gasteiger partial charge is 0.350 e. The van der Waals surface area contributed by atoms with Crippen LogP contribution in [0.3, 0.4) is 0 Å². The summed E-state index contributed by atoms with van der Waals surface area (Å²) >= 11 is 11.5. The predicted octanol–water partition coefficient (Wildman–Crippen LogP) is 3.75. The van der Waals surface area contributed by atoms with E-state index >= 15 is 0 Å². The Morgan fingerprint density at radius 2 is 1.55 bits per heavy atom. The second kappa shape index (κ2) is 9.36. The Morgan fingerprint density at radius 3 is 2.13 bits per heavy atom. The lowest BCUT2D eigenvalue weighted by atomic mass is 10.2. The number of hydrogen-bond acceptors (Lipinski definition) is 4. The molecule has 3 aromatic rings. The number of carbonyl (C=O) groups excluding carboxylic acids is 2. The summed E-state index contributed by atoms with van der Waals surface area (Å²) in [5.74, 6) is -1.55. The average Bonchev–Trinajstić information content (AvgIpc) is 3.18. The zero-order chi connectivity index (χ0) is 22.6. The quantitative estimate of drug-likeness (QED) is 0.423. The number of pyridine rings is 1. The molecule has 0 aliphatic carbocycles. The van der Waals surface area contributed by atoms with Crippen LogP contribution in [0.15, 0.2) is 48.7 Å². The summed E-state index contributed by atoms with van der Waals surface area (Å²) in [7, 11) is 0. The van der Waals surface area contributed by atoms with Gasteiger partial charge in [-0.3, -0.25) is 9.59 Å². The van der Waals surface area contributed by atoms with Crippen LogP contribution in [0, 0.1) is 0 Å². The van der Waals surface area contributed by atoms with Crippen molar-refractivity contribution in [3.8, 4) is 5.69 Å². The largest absolute Gasteiger partial charge is 0.435 e. The maximum absolute atomic E-state index is 13.3. The molecule has 0 saturated heterocycles. The van der Waals surface area contributed by atoms with E-state index in [9.17, 15) is 22.8 Å². The summed E-state index contributed by atoms with van der Waals surface area (Å²) in [5.41, 5.74) is -1.50. The highest BCUT2D eigenvalue weighted by Gasteiger charge is 2.39. The van der Waals surface area contributed by atoms with Gasteiger partial charge in [-0.2, -0.15) is 18.3 Å². The van der Waals surface area contributed by atoms with E-state index in [0.717, 1.165) is 10.9 Å². The summed E-state index contributed by atoms with van der Waals surface area (Å²) < 4.78 is 41.0. The molecule has 7 nitrogen and oxygen atoms in total. The lowest BCUT2D eigenvalue weighted by Gasteiger charge is -2.09. The predicted molar refractivity (Wildman–Crippen MR) is 107 cm³/mol. The van der Waals surface area contributed by atoms with Crippen LogP contribution in [-0.4, -0.2) is 39.7 Å². The second-order valence-corrected chi connectivity index (χ2v) is 6.90. The third-order valence-corrected chi connectivity index (χ3v) is 4.50. The maximum atomic E-state index is 13.3. The number of hydrogen-bond donors (Lipinski definition) is 2. The molecule has 0 radical (unpaired) electrons. The van der Waals surface area contributed by atoms with Crippen LogP contribution in [0.5, 0.6) is 0 Å². The number of rotatable bonds is 6. The van der Waals surface area contributed by atoms with Gasteiger partial charge in [0.05, 0.1) is 16.8 Å². The van der Waals surface area contributed by atoms with Gasteiger partial charge in [-0.05, 0) is 24.3 Å². The molecule has 0 spiro atoms. The molecule has 2 heterocycles. The average molecular weight is 472 g/mol. The van der Waals surface area contributed by atoms with Crippen LogP contribution in [0.2, 0.25) is 10.3 Å². The molecule has 1 aromatic carbocycles. The summed E-state index contributed by atoms with van der Waals surface area (Å²) in [4.78, 5) is 28.2. The van der Waals surface area contributed by atoms with Gasteiger partial charge in [-0.15, -0.1) is 0 Å². The van der Waals surface area contributed by atoms with Crippen molar-refractivity contribution in [2.24, 2.45) is 0 Å². The van der Waals surface area contributed by atoms with E-state index in [1.807, 2.05) is 0 Å². The number of halogens is 5. The van der Waals surface area contributed by atoms with Gasteiger partial charge in [0, 0.05) is 19.3 Å². The van der Waals surface area contributed by atoms with Crippen molar-refractivity contribution in [3.05, 3.63) is 75.8 Å². The Balaban J connectivity index is 1.65. The Kier molecular flexibility index (Phi) is 6.81. The first-order valence-electron chi connectivity index (χ1n) is 8.77. The molecule has 2 aromatic heterocycles. The molecule has 0 fully saturated rings. The molecule has 3 rings (SSSR count). The fourth-order valence-corrected chi connectivity index (χ4v) is 3.02. The minimum absolute atomic E-state index is 0.0578. The van der Waals surface area contributed by atoms with Crippen molar-refractivity contribution in [2.45, 2.75) is 6.18 Å². The van der Waals surface area contributed by atoms with Gasteiger partial charge in [0.2, 0.25) is 0 Å². The number of para-hydroxylation sites is 1. The normalized spacial score (nSPS) is 11.3. The first kappa shape index (κ1) is 22.6. The van der Waals surface area contributed by atoms with Crippen LogP contribution < -0.4 is 10.6 Å². The molecule has 0 saturated carbocycles. The monoisotopic (exact) mass is 471 g/mol. The lowest BCUT2D eigenvalue weighted by Crippen LogP contribution is -2.35. The highest BCUT2D eigenvalue weighted by Crippen LogP contribution is 2.31. The van der Waals surface area contributed by atoms with Crippen LogP contribution >= 0.6 is 23.2 Å². The van der Waals surface area contributed by atoms with Crippen LogP contribution in [0.25, 0.3) is 5.69 Å². The molecule has 0 atom stereocenters. The van der Waals surface area contributed by atoms with Gasteiger partial charge in [0.1, 0.15) is 10.3 Å². The van der Waals surface area contributed by atoms with E-state index in [1.165, 1.54) is 12.1 Å². The molecule has 0 bridgehead atoms. The zero-order valence-electron chi connectivity index (χ0n) is 15.6. The Bertz CT molecular complexity index is 1100. The van der Waals surface area contributed by atoms with Gasteiger partial charge < -0.3 is 10.6 Å². The van der Waals surface area contributed by atoms with Crippen molar-refractivity contribution in [3.63, 3.8) is 0 Å². The van der Waals surface area contributed by atoms with Crippen LogP contribution in [0.4, 0.5) is 13.2 Å². The number of benzene rings is 1. The van der Waals surface area contributed by atoms with E-state index in [2.05, 4.69) is 20.7 Å². The molecule has 12 heteroatoms. The standard InChI is InChI=1S/C19H14Cl2F3N5O2/c20-14-7-6-12(16(21)27-14)17(30)25-8-9-26-18(31)13-10-29(11-4-2-1-3-5-11)28-15(13)19(22,23)24/h1-7,10H,8-9H2,(H,25,30)(H,26,31). The molecule has 2 amide bonds. The minimum atomic E-state index is -4.82. The second-order valence-electron chi connectivity index (χ2n) is 6.15. The Morgan fingerprint density at radius 1 is 0.935 bits per heavy atom. The molecule has 31 heavy (non-hydrogen) atoms. The van der Waals surface area contributed by atoms with E-state index in [-0.39, 0.29) is 29.0 Å². The number of nitrogens with zero attached hydrogens (tertiary/aromatic N) is 3. The number of aromatic nitrogens is 3. The third kappa shape index (κ3) is 5.53. The van der Waals surface area contributed by atoms with E-state index in [1.54, 1.807) is 30.3 Å². The first-order chi connectivity index (χ1) is 14.7. The minimum Gasteiger partial charge on any atom is -0.350 e. The van der Waals surface area contributed by atoms with Gasteiger partial charge in [0.15, 0.2) is 5.69 Å². The maximum Gasteiger partial charge on any atom is 0.435 e. The van der Waals surface area contributed by atoms with E-state index in [4.69, 9.17) is 23.2 Å². The first-order valence-corrected chi connectivity index (χ1v) is 9.53. The van der Waals surface area contributed by atoms with Crippen LogP contribution in [0.1, 0.15) is 26.4 Å². The molecule has 0 aliphatic heterocycles. The molecule has 0 aliphatic rings. The summed E-state index contributed by atoms with van der Waals surface area (Å²) in [6, 6.07) is 10.8. The van der Waals surface area contributed by atoms with Crippen molar-refractivity contribution < 1.29 is 22.8 Å². The summed E-state index contributed by atoms with van der Waals surface area (Å²) in [6.07, 6.45) is -3.82. The molecule has 0 unspecified atom stereocenters. The van der Waals surface area contributed by atoms with Gasteiger partial charge in [-0.25, -0.2) is 9.67 Å². The molecule has 162 valence electrons. The SMILES string of the molecule is O=C(NCCNC(=O)c1cn(-c2ccccc2)nc1C(F)(F)F)c1ccc(Cl)nc1Cl. The van der Waals surface area contributed by atoms with Gasteiger partial charge in [-0.1, -0.05) is 41.4 Å². The molecular formula is C19H14Cl2F3N5O2. The number of alkyl halides is 3. The zero-order valence-corrected chi connectivity index (χ0v) is 17.1. The van der Waals surface area contributed by atoms with E-state index < -0.39 is 29.2 Å². The fraction of sp³-hybridized carbons (Fsp3) is 0.158. The van der Waals surface area contributed by atoms with E-state index in [0.29, 0.717) is 5.69 Å². The van der Waals surface area contributed by atoms with Crippen molar-refractivity contribution in [1.82, 2.24) is 25.4 Å². The van der Waals surface area contributed by atoms with Crippen molar-refractivity contribution in [1.29, 1.82) is 0 Å². The number of nitrogens with one attached hydrogen (secondary N) is 2. The summed E-state index contributed by atoms with van der Waals surface area (Å²) in [6.45, 7) is -0.186. The Hall–Kier alpha value is -3.11. The number of carbonyl (C=O) groups is 2.